The van der Waals surface area contributed by atoms with Gasteiger partial charge < -0.3 is 15.8 Å². The van der Waals surface area contributed by atoms with E-state index in [1.807, 2.05) is 0 Å². The number of rotatable bonds is 4. The molecule has 3 N–H and O–H groups in total. The van der Waals surface area contributed by atoms with Crippen LogP contribution in [-0.2, 0) is 4.74 Å². The molecule has 84 valence electrons. The van der Waals surface area contributed by atoms with Crippen molar-refractivity contribution < 1.29 is 4.74 Å². The standard InChI is InChI=1S/C11H24N2O/c1-3-10(2)13-11(9-12)5-4-7-14-8-6-11/h10,13H,3-9,12H2,1-2H3. The lowest BCUT2D eigenvalue weighted by atomic mass is 9.89. The van der Waals surface area contributed by atoms with E-state index in [9.17, 15) is 0 Å². The Hall–Kier alpha value is -0.120. The molecule has 0 aromatic carbocycles. The Morgan fingerprint density at radius 2 is 2.21 bits per heavy atom. The number of nitrogens with two attached hydrogens (primary N) is 1. The maximum absolute atomic E-state index is 5.89. The summed E-state index contributed by atoms with van der Waals surface area (Å²) < 4.78 is 5.47. The summed E-state index contributed by atoms with van der Waals surface area (Å²) in [6, 6.07) is 0.552. The molecule has 0 amide bonds. The molecule has 2 atom stereocenters. The van der Waals surface area contributed by atoms with Crippen molar-refractivity contribution in [2.45, 2.75) is 51.1 Å². The lowest BCUT2D eigenvalue weighted by Crippen LogP contribution is -2.54. The van der Waals surface area contributed by atoms with Crippen LogP contribution in [0.2, 0.25) is 0 Å². The molecule has 0 aromatic rings. The zero-order valence-electron chi connectivity index (χ0n) is 9.51. The number of hydrogen-bond donors (Lipinski definition) is 2. The van der Waals surface area contributed by atoms with Crippen molar-refractivity contribution >= 4 is 0 Å². The molecular weight excluding hydrogens is 176 g/mol. The van der Waals surface area contributed by atoms with Crippen molar-refractivity contribution in [1.82, 2.24) is 5.32 Å². The normalized spacial score (nSPS) is 31.1. The van der Waals surface area contributed by atoms with Gasteiger partial charge in [0.25, 0.3) is 0 Å². The van der Waals surface area contributed by atoms with E-state index in [1.165, 1.54) is 0 Å². The summed E-state index contributed by atoms with van der Waals surface area (Å²) in [5.74, 6) is 0. The fourth-order valence-electron chi connectivity index (χ4n) is 2.04. The van der Waals surface area contributed by atoms with Crippen molar-refractivity contribution in [2.24, 2.45) is 5.73 Å². The molecule has 3 heteroatoms. The van der Waals surface area contributed by atoms with Gasteiger partial charge in [0, 0.05) is 31.3 Å². The van der Waals surface area contributed by atoms with E-state index in [1.54, 1.807) is 0 Å². The van der Waals surface area contributed by atoms with E-state index in [-0.39, 0.29) is 5.54 Å². The van der Waals surface area contributed by atoms with E-state index in [4.69, 9.17) is 10.5 Å². The third-order valence-electron chi connectivity index (χ3n) is 3.22. The van der Waals surface area contributed by atoms with Crippen LogP contribution in [0, 0.1) is 0 Å². The highest BCUT2D eigenvalue weighted by molar-refractivity contribution is 4.91. The molecule has 1 heterocycles. The molecule has 0 saturated carbocycles. The topological polar surface area (TPSA) is 47.3 Å². The monoisotopic (exact) mass is 200 g/mol. The van der Waals surface area contributed by atoms with Gasteiger partial charge >= 0.3 is 0 Å². The second-order valence-electron chi connectivity index (χ2n) is 4.40. The van der Waals surface area contributed by atoms with Crippen LogP contribution in [0.1, 0.15) is 39.5 Å². The fourth-order valence-corrected chi connectivity index (χ4v) is 2.04. The van der Waals surface area contributed by atoms with Gasteiger partial charge in [0.1, 0.15) is 0 Å². The highest BCUT2D eigenvalue weighted by Crippen LogP contribution is 2.21. The Balaban J connectivity index is 2.53. The van der Waals surface area contributed by atoms with Gasteiger partial charge in [0.05, 0.1) is 0 Å². The molecule has 0 aromatic heterocycles. The highest BCUT2D eigenvalue weighted by Gasteiger charge is 2.30. The molecule has 1 fully saturated rings. The molecule has 1 rings (SSSR count). The molecular formula is C11H24N2O. The lowest BCUT2D eigenvalue weighted by Gasteiger charge is -2.35. The molecule has 14 heavy (non-hydrogen) atoms. The van der Waals surface area contributed by atoms with E-state index < -0.39 is 0 Å². The second-order valence-corrected chi connectivity index (χ2v) is 4.40. The van der Waals surface area contributed by atoms with E-state index >= 15 is 0 Å². The average molecular weight is 200 g/mol. The SMILES string of the molecule is CCC(C)NC1(CN)CCCOCC1. The van der Waals surface area contributed by atoms with Crippen LogP contribution in [0.25, 0.3) is 0 Å². The minimum atomic E-state index is 0.131. The minimum absolute atomic E-state index is 0.131. The number of hydrogen-bond acceptors (Lipinski definition) is 3. The summed E-state index contributed by atoms with van der Waals surface area (Å²) in [6.45, 7) is 6.89. The van der Waals surface area contributed by atoms with Crippen LogP contribution >= 0.6 is 0 Å². The molecule has 1 aliphatic heterocycles. The number of nitrogens with one attached hydrogen (secondary N) is 1. The van der Waals surface area contributed by atoms with Gasteiger partial charge in [-0.05, 0) is 32.6 Å². The van der Waals surface area contributed by atoms with Crippen LogP contribution in [0.15, 0.2) is 0 Å². The van der Waals surface area contributed by atoms with Gasteiger partial charge in [-0.1, -0.05) is 6.92 Å². The Morgan fingerprint density at radius 3 is 2.86 bits per heavy atom. The van der Waals surface area contributed by atoms with Crippen molar-refractivity contribution in [3.63, 3.8) is 0 Å². The first-order valence-electron chi connectivity index (χ1n) is 5.78. The molecule has 2 unspecified atom stereocenters. The van der Waals surface area contributed by atoms with Gasteiger partial charge in [0.15, 0.2) is 0 Å². The largest absolute Gasteiger partial charge is 0.381 e. The van der Waals surface area contributed by atoms with Crippen LogP contribution in [0.4, 0.5) is 0 Å². The number of ether oxygens (including phenoxy) is 1. The average Bonchev–Trinajstić information content (AvgIpc) is 2.44. The Labute approximate surface area is 87.4 Å². The Bertz CT molecular complexity index is 153. The molecule has 0 radical (unpaired) electrons. The van der Waals surface area contributed by atoms with E-state index in [0.717, 1.165) is 45.4 Å². The van der Waals surface area contributed by atoms with Crippen molar-refractivity contribution in [1.29, 1.82) is 0 Å². The van der Waals surface area contributed by atoms with Gasteiger partial charge in [-0.2, -0.15) is 0 Å². The maximum atomic E-state index is 5.89. The smallest absolute Gasteiger partial charge is 0.0484 e. The highest BCUT2D eigenvalue weighted by atomic mass is 16.5. The third kappa shape index (κ3) is 3.23. The summed E-state index contributed by atoms with van der Waals surface area (Å²) in [5.41, 5.74) is 6.02. The summed E-state index contributed by atoms with van der Waals surface area (Å²) in [7, 11) is 0. The predicted molar refractivity (Wildman–Crippen MR) is 59.3 cm³/mol. The molecule has 3 nitrogen and oxygen atoms in total. The van der Waals surface area contributed by atoms with Gasteiger partial charge in [-0.15, -0.1) is 0 Å². The molecule has 1 aliphatic rings. The second kappa shape index (κ2) is 5.69. The van der Waals surface area contributed by atoms with Crippen molar-refractivity contribution in [3.05, 3.63) is 0 Å². The molecule has 0 bridgehead atoms. The van der Waals surface area contributed by atoms with Gasteiger partial charge in [-0.3, -0.25) is 0 Å². The lowest BCUT2D eigenvalue weighted by molar-refractivity contribution is 0.135. The third-order valence-corrected chi connectivity index (χ3v) is 3.22. The molecule has 1 saturated heterocycles. The molecule has 0 aliphatic carbocycles. The zero-order valence-corrected chi connectivity index (χ0v) is 9.51. The van der Waals surface area contributed by atoms with Crippen molar-refractivity contribution in [3.8, 4) is 0 Å². The van der Waals surface area contributed by atoms with E-state index in [2.05, 4.69) is 19.2 Å². The maximum Gasteiger partial charge on any atom is 0.0484 e. The zero-order chi connectivity index (χ0) is 10.4. The van der Waals surface area contributed by atoms with Gasteiger partial charge in [0.2, 0.25) is 0 Å². The summed E-state index contributed by atoms with van der Waals surface area (Å²) in [5, 5.41) is 3.67. The fraction of sp³-hybridized carbons (Fsp3) is 1.00. The van der Waals surface area contributed by atoms with Crippen LogP contribution < -0.4 is 11.1 Å². The predicted octanol–water partition coefficient (Wildman–Crippen LogP) is 1.27. The van der Waals surface area contributed by atoms with Crippen LogP contribution in [-0.4, -0.2) is 31.3 Å². The molecule has 0 spiro atoms. The minimum Gasteiger partial charge on any atom is -0.381 e. The van der Waals surface area contributed by atoms with E-state index in [0.29, 0.717) is 6.04 Å². The van der Waals surface area contributed by atoms with Gasteiger partial charge in [-0.25, -0.2) is 0 Å². The van der Waals surface area contributed by atoms with Crippen LogP contribution in [0.5, 0.6) is 0 Å². The first kappa shape index (κ1) is 12.0. The quantitative estimate of drug-likeness (QED) is 0.718. The Morgan fingerprint density at radius 1 is 1.43 bits per heavy atom. The Kier molecular flexibility index (Phi) is 4.85. The summed E-state index contributed by atoms with van der Waals surface area (Å²) in [6.07, 6.45) is 4.48. The summed E-state index contributed by atoms with van der Waals surface area (Å²) in [4.78, 5) is 0. The summed E-state index contributed by atoms with van der Waals surface area (Å²) >= 11 is 0. The van der Waals surface area contributed by atoms with Crippen molar-refractivity contribution in [2.75, 3.05) is 19.8 Å². The first-order valence-corrected chi connectivity index (χ1v) is 5.78. The first-order chi connectivity index (χ1) is 6.72. The van der Waals surface area contributed by atoms with Crippen LogP contribution in [0.3, 0.4) is 0 Å².